The average Bonchev–Trinajstić information content (AvgIpc) is 3.15. The first kappa shape index (κ1) is 16.8. The highest BCUT2D eigenvalue weighted by atomic mass is 16.4. The van der Waals surface area contributed by atoms with Crippen LogP contribution in [0.1, 0.15) is 40.0 Å². The Morgan fingerprint density at radius 3 is 2.32 bits per heavy atom. The Bertz CT molecular complexity index is 465. The van der Waals surface area contributed by atoms with Crippen LogP contribution in [0.15, 0.2) is 0 Å². The van der Waals surface area contributed by atoms with Gasteiger partial charge < -0.3 is 15.3 Å². The topological polar surface area (TPSA) is 86.7 Å². The summed E-state index contributed by atoms with van der Waals surface area (Å²) in [6.07, 6.45) is 2.39. The molecule has 2 aliphatic rings. The minimum absolute atomic E-state index is 0.0661. The molecule has 0 aromatic heterocycles. The summed E-state index contributed by atoms with van der Waals surface area (Å²) < 4.78 is 0. The van der Waals surface area contributed by atoms with Crippen molar-refractivity contribution in [2.24, 2.45) is 23.2 Å². The average molecular weight is 310 g/mol. The summed E-state index contributed by atoms with van der Waals surface area (Å²) in [6.45, 7) is 6.63. The first-order chi connectivity index (χ1) is 10.2. The summed E-state index contributed by atoms with van der Waals surface area (Å²) in [7, 11) is 0. The van der Waals surface area contributed by atoms with Crippen LogP contribution in [-0.2, 0) is 14.4 Å². The second-order valence-electron chi connectivity index (χ2n) is 7.50. The Labute approximate surface area is 131 Å². The van der Waals surface area contributed by atoms with Crippen molar-refractivity contribution in [3.05, 3.63) is 0 Å². The molecule has 0 radical (unpaired) electrons. The number of nitrogens with one attached hydrogen (secondary N) is 1. The molecule has 6 heteroatoms. The Morgan fingerprint density at radius 1 is 1.18 bits per heavy atom. The molecular weight excluding hydrogens is 284 g/mol. The molecule has 124 valence electrons. The zero-order chi connectivity index (χ0) is 16.5. The maximum atomic E-state index is 12.2. The van der Waals surface area contributed by atoms with Gasteiger partial charge in [0, 0.05) is 31.5 Å². The largest absolute Gasteiger partial charge is 0.481 e. The lowest BCUT2D eigenvalue weighted by atomic mass is 9.92. The molecule has 1 heterocycles. The number of amides is 2. The van der Waals surface area contributed by atoms with Gasteiger partial charge in [-0.3, -0.25) is 14.4 Å². The predicted octanol–water partition coefficient (Wildman–Crippen LogP) is 1.11. The number of nitrogens with zero attached hydrogens (tertiary/aromatic N) is 1. The van der Waals surface area contributed by atoms with Gasteiger partial charge in [-0.15, -0.1) is 0 Å². The molecule has 22 heavy (non-hydrogen) atoms. The Kier molecular flexibility index (Phi) is 4.78. The van der Waals surface area contributed by atoms with E-state index in [2.05, 4.69) is 5.32 Å². The van der Waals surface area contributed by atoms with Crippen LogP contribution in [0, 0.1) is 23.2 Å². The van der Waals surface area contributed by atoms with Gasteiger partial charge in [-0.1, -0.05) is 20.8 Å². The van der Waals surface area contributed by atoms with E-state index in [-0.39, 0.29) is 24.2 Å². The van der Waals surface area contributed by atoms with E-state index < -0.39 is 17.3 Å². The summed E-state index contributed by atoms with van der Waals surface area (Å²) in [5.41, 5.74) is -0.470. The standard InChI is InChI=1S/C16H26N2O4/c1-16(2,3)15(22)17-7-6-13(19)18-8-11(10-4-5-10)12(9-18)14(20)21/h10-12H,4-9H2,1-3H3,(H,17,22)(H,20,21)/t11-,12+/m1/s1. The van der Waals surface area contributed by atoms with Crippen LogP contribution in [0.2, 0.25) is 0 Å². The monoisotopic (exact) mass is 310 g/mol. The van der Waals surface area contributed by atoms with Crippen molar-refractivity contribution < 1.29 is 19.5 Å². The fourth-order valence-electron chi connectivity index (χ4n) is 3.00. The minimum Gasteiger partial charge on any atom is -0.481 e. The molecule has 0 aromatic carbocycles. The van der Waals surface area contributed by atoms with Crippen molar-refractivity contribution in [3.63, 3.8) is 0 Å². The second kappa shape index (κ2) is 6.26. The van der Waals surface area contributed by atoms with Crippen LogP contribution in [0.3, 0.4) is 0 Å². The number of likely N-dealkylation sites (tertiary alicyclic amines) is 1. The number of hydrogen-bond acceptors (Lipinski definition) is 3. The fourth-order valence-corrected chi connectivity index (χ4v) is 3.00. The van der Waals surface area contributed by atoms with Gasteiger partial charge in [0.15, 0.2) is 0 Å². The van der Waals surface area contributed by atoms with Crippen LogP contribution in [-0.4, -0.2) is 47.4 Å². The van der Waals surface area contributed by atoms with Crippen LogP contribution < -0.4 is 5.32 Å². The van der Waals surface area contributed by atoms with Crippen LogP contribution >= 0.6 is 0 Å². The molecule has 1 saturated heterocycles. The van der Waals surface area contributed by atoms with Crippen LogP contribution in [0.5, 0.6) is 0 Å². The number of carbonyl (C=O) groups is 3. The molecule has 2 N–H and O–H groups in total. The van der Waals surface area contributed by atoms with Crippen molar-refractivity contribution in [1.82, 2.24) is 10.2 Å². The summed E-state index contributed by atoms with van der Waals surface area (Å²) in [6, 6.07) is 0. The predicted molar refractivity (Wildman–Crippen MR) is 81.0 cm³/mol. The summed E-state index contributed by atoms with van der Waals surface area (Å²) in [5.74, 6) is -0.802. The molecule has 0 unspecified atom stereocenters. The van der Waals surface area contributed by atoms with E-state index in [9.17, 15) is 19.5 Å². The van der Waals surface area contributed by atoms with Crippen molar-refractivity contribution in [2.45, 2.75) is 40.0 Å². The van der Waals surface area contributed by atoms with Gasteiger partial charge >= 0.3 is 5.97 Å². The van der Waals surface area contributed by atoms with Gasteiger partial charge in [0.05, 0.1) is 5.92 Å². The SMILES string of the molecule is CC(C)(C)C(=O)NCCC(=O)N1C[C@H](C(=O)O)[C@@H](C2CC2)C1. The summed E-state index contributed by atoms with van der Waals surface area (Å²) in [5, 5.41) is 12.1. The van der Waals surface area contributed by atoms with Gasteiger partial charge in [-0.05, 0) is 24.7 Å². The highest BCUT2D eigenvalue weighted by Gasteiger charge is 2.46. The first-order valence-corrected chi connectivity index (χ1v) is 7.99. The smallest absolute Gasteiger partial charge is 0.308 e. The maximum Gasteiger partial charge on any atom is 0.308 e. The minimum atomic E-state index is -0.798. The molecule has 6 nitrogen and oxygen atoms in total. The van der Waals surface area contributed by atoms with Crippen molar-refractivity contribution >= 4 is 17.8 Å². The molecule has 0 aromatic rings. The van der Waals surface area contributed by atoms with Gasteiger partial charge in [0.1, 0.15) is 0 Å². The molecule has 0 spiro atoms. The third kappa shape index (κ3) is 3.99. The summed E-state index contributed by atoms with van der Waals surface area (Å²) in [4.78, 5) is 36.9. The first-order valence-electron chi connectivity index (χ1n) is 7.99. The highest BCUT2D eigenvalue weighted by molar-refractivity contribution is 5.83. The molecule has 1 aliphatic heterocycles. The number of hydrogen-bond donors (Lipinski definition) is 2. The summed E-state index contributed by atoms with van der Waals surface area (Å²) >= 11 is 0. The maximum absolute atomic E-state index is 12.2. The molecule has 1 aliphatic carbocycles. The third-order valence-electron chi connectivity index (χ3n) is 4.57. The Morgan fingerprint density at radius 2 is 1.82 bits per heavy atom. The molecule has 2 amide bonds. The van der Waals surface area contributed by atoms with Gasteiger partial charge in [0.25, 0.3) is 0 Å². The molecule has 2 rings (SSSR count). The molecule has 1 saturated carbocycles. The van der Waals surface area contributed by atoms with E-state index in [1.165, 1.54) is 0 Å². The molecular formula is C16H26N2O4. The van der Waals surface area contributed by atoms with Crippen molar-refractivity contribution in [1.29, 1.82) is 0 Å². The van der Waals surface area contributed by atoms with E-state index >= 15 is 0 Å². The number of aliphatic carboxylic acids is 1. The van der Waals surface area contributed by atoms with Crippen LogP contribution in [0.25, 0.3) is 0 Å². The number of carbonyl (C=O) groups excluding carboxylic acids is 2. The lowest BCUT2D eigenvalue weighted by Gasteiger charge is -2.19. The quantitative estimate of drug-likeness (QED) is 0.796. The number of rotatable bonds is 5. The Balaban J connectivity index is 1.81. The van der Waals surface area contributed by atoms with Crippen LogP contribution in [0.4, 0.5) is 0 Å². The van der Waals surface area contributed by atoms with E-state index in [0.29, 0.717) is 25.6 Å². The van der Waals surface area contributed by atoms with E-state index in [4.69, 9.17) is 0 Å². The zero-order valence-corrected chi connectivity index (χ0v) is 13.6. The number of carboxylic acid groups (broad SMARTS) is 1. The van der Waals surface area contributed by atoms with Crippen molar-refractivity contribution in [2.75, 3.05) is 19.6 Å². The molecule has 2 atom stereocenters. The lowest BCUT2D eigenvalue weighted by Crippen LogP contribution is -2.38. The molecule has 0 bridgehead atoms. The van der Waals surface area contributed by atoms with E-state index in [1.54, 1.807) is 4.90 Å². The highest BCUT2D eigenvalue weighted by Crippen LogP contribution is 2.44. The Hall–Kier alpha value is -1.59. The second-order valence-corrected chi connectivity index (χ2v) is 7.50. The van der Waals surface area contributed by atoms with Gasteiger partial charge in [-0.25, -0.2) is 0 Å². The normalized spacial score (nSPS) is 25.1. The fraction of sp³-hybridized carbons (Fsp3) is 0.812. The van der Waals surface area contributed by atoms with Crippen molar-refractivity contribution in [3.8, 4) is 0 Å². The van der Waals surface area contributed by atoms with E-state index in [1.807, 2.05) is 20.8 Å². The van der Waals surface area contributed by atoms with Gasteiger partial charge in [0.2, 0.25) is 11.8 Å². The lowest BCUT2D eigenvalue weighted by molar-refractivity contribution is -0.142. The van der Waals surface area contributed by atoms with Gasteiger partial charge in [-0.2, -0.15) is 0 Å². The van der Waals surface area contributed by atoms with E-state index in [0.717, 1.165) is 12.8 Å². The molecule has 2 fully saturated rings. The third-order valence-corrected chi connectivity index (χ3v) is 4.57. The zero-order valence-electron chi connectivity index (χ0n) is 13.6. The number of carboxylic acids is 1.